The summed E-state index contributed by atoms with van der Waals surface area (Å²) in [6.07, 6.45) is 1.85. The number of hydrogen-bond donors (Lipinski definition) is 1. The predicted molar refractivity (Wildman–Crippen MR) is 98.7 cm³/mol. The minimum absolute atomic E-state index is 0.0476. The molecule has 3 aliphatic heterocycles. The minimum Gasteiger partial charge on any atom is -0.347 e. The molecule has 2 bridgehead atoms. The number of fused-ring (bicyclic) bond motifs is 3. The zero-order chi connectivity index (χ0) is 19.7. The first-order chi connectivity index (χ1) is 13.4. The third kappa shape index (κ3) is 3.90. The lowest BCUT2D eigenvalue weighted by molar-refractivity contribution is -0.137. The van der Waals surface area contributed by atoms with E-state index in [0.29, 0.717) is 5.92 Å². The topological polar surface area (TPSA) is 45.2 Å². The molecule has 1 N–H and O–H groups in total. The molecule has 0 aliphatic carbocycles. The van der Waals surface area contributed by atoms with E-state index in [1.54, 1.807) is 6.20 Å². The third-order valence-corrected chi connectivity index (χ3v) is 5.88. The van der Waals surface area contributed by atoms with Crippen molar-refractivity contribution in [1.82, 2.24) is 15.2 Å². The van der Waals surface area contributed by atoms with Crippen molar-refractivity contribution in [1.29, 1.82) is 0 Å². The molecule has 148 valence electrons. The highest BCUT2D eigenvalue weighted by molar-refractivity contribution is 5.94. The molecule has 0 saturated carbocycles. The van der Waals surface area contributed by atoms with Gasteiger partial charge >= 0.3 is 6.18 Å². The monoisotopic (exact) mass is 389 g/mol. The zero-order valence-electron chi connectivity index (χ0n) is 15.3. The summed E-state index contributed by atoms with van der Waals surface area (Å²) in [6.45, 7) is 1.98. The Bertz CT molecular complexity index is 832. The Morgan fingerprint density at radius 2 is 1.96 bits per heavy atom. The fourth-order valence-corrected chi connectivity index (χ4v) is 4.45. The number of alkyl halides is 3. The summed E-state index contributed by atoms with van der Waals surface area (Å²) in [4.78, 5) is 19.3. The number of carbonyl (C=O) groups excluding carboxylic acids is 1. The highest BCUT2D eigenvalue weighted by Crippen LogP contribution is 2.34. The molecule has 1 aromatic heterocycles. The summed E-state index contributed by atoms with van der Waals surface area (Å²) in [5, 5.41) is 3.05. The van der Waals surface area contributed by atoms with E-state index >= 15 is 0 Å². The molecule has 28 heavy (non-hydrogen) atoms. The number of benzene rings is 1. The Balaban J connectivity index is 1.54. The number of carbonyl (C=O) groups is 1. The molecule has 1 amide bonds. The van der Waals surface area contributed by atoms with Crippen molar-refractivity contribution in [3.63, 3.8) is 0 Å². The SMILES string of the molecule is O=C(NC1C2CCN(CC2)C1Cc1cccnc1)c1cccc(C(F)(F)F)c1. The maximum absolute atomic E-state index is 13.0. The van der Waals surface area contributed by atoms with E-state index in [0.717, 1.165) is 50.0 Å². The normalized spacial score (nSPS) is 26.8. The van der Waals surface area contributed by atoms with Crippen LogP contribution in [0, 0.1) is 5.92 Å². The Kier molecular flexibility index (Phi) is 5.10. The summed E-state index contributed by atoms with van der Waals surface area (Å²) in [6, 6.07) is 8.58. The second-order valence-corrected chi connectivity index (χ2v) is 7.58. The molecule has 0 radical (unpaired) electrons. The number of nitrogens with one attached hydrogen (secondary N) is 1. The van der Waals surface area contributed by atoms with Gasteiger partial charge in [-0.05, 0) is 68.1 Å². The Morgan fingerprint density at radius 3 is 2.64 bits per heavy atom. The number of halogens is 3. The minimum atomic E-state index is -4.46. The Hall–Kier alpha value is -2.41. The maximum atomic E-state index is 13.0. The van der Waals surface area contributed by atoms with Gasteiger partial charge < -0.3 is 5.32 Å². The average molecular weight is 389 g/mol. The lowest BCUT2D eigenvalue weighted by atomic mass is 9.76. The summed E-state index contributed by atoms with van der Waals surface area (Å²) >= 11 is 0. The molecular weight excluding hydrogens is 367 g/mol. The molecule has 2 unspecified atom stereocenters. The molecule has 4 nitrogen and oxygen atoms in total. The third-order valence-electron chi connectivity index (χ3n) is 5.88. The number of piperidine rings is 3. The van der Waals surface area contributed by atoms with Crippen molar-refractivity contribution >= 4 is 5.91 Å². The van der Waals surface area contributed by atoms with Crippen LogP contribution in [0.1, 0.15) is 34.3 Å². The van der Waals surface area contributed by atoms with Crippen LogP contribution in [0.15, 0.2) is 48.8 Å². The van der Waals surface area contributed by atoms with Gasteiger partial charge in [-0.25, -0.2) is 0 Å². The van der Waals surface area contributed by atoms with Crippen LogP contribution in [-0.2, 0) is 12.6 Å². The van der Waals surface area contributed by atoms with Crippen LogP contribution in [0.25, 0.3) is 0 Å². The van der Waals surface area contributed by atoms with E-state index in [4.69, 9.17) is 0 Å². The van der Waals surface area contributed by atoms with Crippen LogP contribution < -0.4 is 5.32 Å². The molecular formula is C21H22F3N3O. The van der Waals surface area contributed by atoms with E-state index in [9.17, 15) is 18.0 Å². The fourth-order valence-electron chi connectivity index (χ4n) is 4.45. The summed E-state index contributed by atoms with van der Waals surface area (Å²) < 4.78 is 38.9. The van der Waals surface area contributed by atoms with Gasteiger partial charge in [0.05, 0.1) is 5.56 Å². The van der Waals surface area contributed by atoms with E-state index in [-0.39, 0.29) is 17.6 Å². The number of amides is 1. The van der Waals surface area contributed by atoms with Gasteiger partial charge in [-0.2, -0.15) is 13.2 Å². The average Bonchev–Trinajstić information content (AvgIpc) is 2.70. The largest absolute Gasteiger partial charge is 0.416 e. The standard InChI is InChI=1S/C21H22F3N3O/c22-21(23,24)17-5-1-4-16(12-17)20(28)26-19-15-6-9-27(10-7-15)18(19)11-14-3-2-8-25-13-14/h1-5,8,12-13,15,18-19H,6-7,9-11H2,(H,26,28). The van der Waals surface area contributed by atoms with Crippen molar-refractivity contribution in [2.24, 2.45) is 5.92 Å². The van der Waals surface area contributed by atoms with E-state index in [1.807, 2.05) is 18.3 Å². The van der Waals surface area contributed by atoms with Gasteiger partial charge in [-0.3, -0.25) is 14.7 Å². The van der Waals surface area contributed by atoms with Gasteiger partial charge in [-0.1, -0.05) is 12.1 Å². The van der Waals surface area contributed by atoms with Crippen molar-refractivity contribution in [3.8, 4) is 0 Å². The molecule has 1 aromatic carbocycles. The molecule has 2 atom stereocenters. The van der Waals surface area contributed by atoms with E-state index < -0.39 is 17.6 Å². The van der Waals surface area contributed by atoms with Crippen molar-refractivity contribution < 1.29 is 18.0 Å². The van der Waals surface area contributed by atoms with Gasteiger partial charge in [0.1, 0.15) is 0 Å². The molecule has 7 heteroatoms. The Labute approximate surface area is 161 Å². The Morgan fingerprint density at radius 1 is 1.18 bits per heavy atom. The predicted octanol–water partition coefficient (Wildman–Crippen LogP) is 3.54. The van der Waals surface area contributed by atoms with Gasteiger partial charge in [0.2, 0.25) is 0 Å². The molecule has 3 aliphatic rings. The first-order valence-corrected chi connectivity index (χ1v) is 9.53. The summed E-state index contributed by atoms with van der Waals surface area (Å²) in [5.74, 6) is -0.0949. The summed E-state index contributed by atoms with van der Waals surface area (Å²) in [7, 11) is 0. The van der Waals surface area contributed by atoms with Crippen molar-refractivity contribution in [2.75, 3.05) is 13.1 Å². The smallest absolute Gasteiger partial charge is 0.347 e. The molecule has 2 aromatic rings. The fraction of sp³-hybridized carbons (Fsp3) is 0.429. The summed E-state index contributed by atoms with van der Waals surface area (Å²) in [5.41, 5.74) is 0.339. The van der Waals surface area contributed by atoms with Crippen LogP contribution in [0.4, 0.5) is 13.2 Å². The van der Waals surface area contributed by atoms with E-state index in [2.05, 4.69) is 15.2 Å². The van der Waals surface area contributed by atoms with Gasteiger partial charge in [-0.15, -0.1) is 0 Å². The number of rotatable bonds is 4. The molecule has 0 spiro atoms. The van der Waals surface area contributed by atoms with Crippen LogP contribution in [-0.4, -0.2) is 41.0 Å². The second kappa shape index (κ2) is 7.54. The van der Waals surface area contributed by atoms with Crippen LogP contribution in [0.3, 0.4) is 0 Å². The van der Waals surface area contributed by atoms with Crippen molar-refractivity contribution in [2.45, 2.75) is 37.5 Å². The van der Waals surface area contributed by atoms with Gasteiger partial charge in [0, 0.05) is 30.0 Å². The van der Waals surface area contributed by atoms with Crippen molar-refractivity contribution in [3.05, 3.63) is 65.5 Å². The number of pyridine rings is 1. The van der Waals surface area contributed by atoms with Crippen LogP contribution in [0.2, 0.25) is 0 Å². The quantitative estimate of drug-likeness (QED) is 0.870. The molecule has 4 heterocycles. The first-order valence-electron chi connectivity index (χ1n) is 9.53. The first kappa shape index (κ1) is 18.9. The molecule has 3 saturated heterocycles. The number of hydrogen-bond acceptors (Lipinski definition) is 3. The van der Waals surface area contributed by atoms with Crippen LogP contribution in [0.5, 0.6) is 0 Å². The van der Waals surface area contributed by atoms with Gasteiger partial charge in [0.15, 0.2) is 0 Å². The number of nitrogens with zero attached hydrogens (tertiary/aromatic N) is 2. The lowest BCUT2D eigenvalue weighted by Crippen LogP contribution is -2.64. The number of aromatic nitrogens is 1. The highest BCUT2D eigenvalue weighted by Gasteiger charge is 2.43. The lowest BCUT2D eigenvalue weighted by Gasteiger charge is -2.51. The molecule has 5 rings (SSSR count). The van der Waals surface area contributed by atoms with Crippen LogP contribution >= 0.6 is 0 Å². The maximum Gasteiger partial charge on any atom is 0.416 e. The van der Waals surface area contributed by atoms with E-state index in [1.165, 1.54) is 12.1 Å². The second-order valence-electron chi connectivity index (χ2n) is 7.58. The highest BCUT2D eigenvalue weighted by atomic mass is 19.4. The molecule has 3 fully saturated rings. The zero-order valence-corrected chi connectivity index (χ0v) is 15.3. The van der Waals surface area contributed by atoms with Gasteiger partial charge in [0.25, 0.3) is 5.91 Å².